The number of piperazine rings is 1. The molecule has 2 aromatic heterocycles. The summed E-state index contributed by atoms with van der Waals surface area (Å²) in [4.78, 5) is 33.6. The standard InChI is InChI=1S/C25H27N3O4/c1-17(24(29)28-13-11-27(12-14-28)18-5-4-10-26-16-18)31-19-8-9-21-20-6-2-3-7-22(20)25(30)32-23(21)15-19/h4-5,8-10,15-17H,2-3,6-7,11-14H2,1H3. The summed E-state index contributed by atoms with van der Waals surface area (Å²) in [5.74, 6) is 0.495. The van der Waals surface area contributed by atoms with Crippen molar-refractivity contribution in [3.8, 4) is 5.75 Å². The van der Waals surface area contributed by atoms with Crippen LogP contribution in [0.25, 0.3) is 11.0 Å². The smallest absolute Gasteiger partial charge is 0.339 e. The van der Waals surface area contributed by atoms with E-state index < -0.39 is 6.10 Å². The van der Waals surface area contributed by atoms with Crippen LogP contribution in [0.2, 0.25) is 0 Å². The fraction of sp³-hybridized carbons (Fsp3) is 0.400. The highest BCUT2D eigenvalue weighted by molar-refractivity contribution is 5.84. The number of carbonyl (C=O) groups is 1. The molecule has 5 rings (SSSR count). The van der Waals surface area contributed by atoms with Gasteiger partial charge in [-0.25, -0.2) is 4.79 Å². The van der Waals surface area contributed by atoms with Crippen LogP contribution in [0.1, 0.15) is 30.9 Å². The van der Waals surface area contributed by atoms with E-state index in [4.69, 9.17) is 9.15 Å². The van der Waals surface area contributed by atoms with Gasteiger partial charge in [0.05, 0.1) is 11.9 Å². The predicted molar refractivity (Wildman–Crippen MR) is 122 cm³/mol. The number of nitrogens with zero attached hydrogens (tertiary/aromatic N) is 3. The van der Waals surface area contributed by atoms with Crippen molar-refractivity contribution >= 4 is 22.6 Å². The van der Waals surface area contributed by atoms with Crippen molar-refractivity contribution in [2.24, 2.45) is 0 Å². The maximum Gasteiger partial charge on any atom is 0.339 e. The van der Waals surface area contributed by atoms with Crippen molar-refractivity contribution in [1.82, 2.24) is 9.88 Å². The largest absolute Gasteiger partial charge is 0.481 e. The van der Waals surface area contributed by atoms with Crippen LogP contribution >= 0.6 is 0 Å². The van der Waals surface area contributed by atoms with Gasteiger partial charge in [-0.05, 0) is 62.4 Å². The first-order chi connectivity index (χ1) is 15.6. The van der Waals surface area contributed by atoms with Crippen molar-refractivity contribution in [3.63, 3.8) is 0 Å². The first-order valence-electron chi connectivity index (χ1n) is 11.3. The van der Waals surface area contributed by atoms with Gasteiger partial charge in [0.2, 0.25) is 0 Å². The Hall–Kier alpha value is -3.35. The summed E-state index contributed by atoms with van der Waals surface area (Å²) < 4.78 is 11.5. The van der Waals surface area contributed by atoms with E-state index in [0.717, 1.165) is 61.0 Å². The number of benzene rings is 1. The van der Waals surface area contributed by atoms with Crippen LogP contribution in [0.15, 0.2) is 51.9 Å². The second-order valence-corrected chi connectivity index (χ2v) is 8.50. The van der Waals surface area contributed by atoms with E-state index in [9.17, 15) is 9.59 Å². The fourth-order valence-corrected chi connectivity index (χ4v) is 4.74. The van der Waals surface area contributed by atoms with Crippen LogP contribution in [0.4, 0.5) is 5.69 Å². The summed E-state index contributed by atoms with van der Waals surface area (Å²) in [7, 11) is 0. The number of hydrogen-bond acceptors (Lipinski definition) is 6. The number of hydrogen-bond donors (Lipinski definition) is 0. The van der Waals surface area contributed by atoms with Gasteiger partial charge in [0.1, 0.15) is 11.3 Å². The minimum Gasteiger partial charge on any atom is -0.481 e. The van der Waals surface area contributed by atoms with Crippen LogP contribution in [-0.2, 0) is 17.6 Å². The molecule has 1 atom stereocenters. The molecule has 1 aromatic carbocycles. The molecule has 0 spiro atoms. The number of aromatic nitrogens is 1. The van der Waals surface area contributed by atoms with Gasteiger partial charge in [-0.15, -0.1) is 0 Å². The van der Waals surface area contributed by atoms with E-state index in [1.54, 1.807) is 19.2 Å². The number of aryl methyl sites for hydroxylation is 1. The molecule has 1 aliphatic heterocycles. The molecule has 0 saturated carbocycles. The van der Waals surface area contributed by atoms with E-state index in [-0.39, 0.29) is 11.5 Å². The molecule has 1 aliphatic carbocycles. The Kier molecular flexibility index (Phi) is 5.55. The molecule has 2 aliphatic rings. The fourth-order valence-electron chi connectivity index (χ4n) is 4.74. The molecule has 1 unspecified atom stereocenters. The molecule has 1 amide bonds. The SMILES string of the molecule is CC(Oc1ccc2c3c(c(=O)oc2c1)CCCC3)C(=O)N1CCN(c2cccnc2)CC1. The number of fused-ring (bicyclic) bond motifs is 3. The molecule has 1 saturated heterocycles. The van der Waals surface area contributed by atoms with Gasteiger partial charge in [0.15, 0.2) is 6.10 Å². The molecular weight excluding hydrogens is 406 g/mol. The number of amides is 1. The van der Waals surface area contributed by atoms with E-state index in [0.29, 0.717) is 24.4 Å². The van der Waals surface area contributed by atoms with E-state index in [2.05, 4.69) is 9.88 Å². The zero-order chi connectivity index (χ0) is 22.1. The summed E-state index contributed by atoms with van der Waals surface area (Å²) in [6, 6.07) is 9.49. The Balaban J connectivity index is 1.26. The lowest BCUT2D eigenvalue weighted by Gasteiger charge is -2.36. The quantitative estimate of drug-likeness (QED) is 0.589. The van der Waals surface area contributed by atoms with Crippen LogP contribution in [0.5, 0.6) is 5.75 Å². The zero-order valence-electron chi connectivity index (χ0n) is 18.3. The predicted octanol–water partition coefficient (Wildman–Crippen LogP) is 3.18. The molecule has 166 valence electrons. The highest BCUT2D eigenvalue weighted by Gasteiger charge is 2.26. The van der Waals surface area contributed by atoms with Crippen LogP contribution in [-0.4, -0.2) is 48.1 Å². The Labute approximate surface area is 186 Å². The van der Waals surface area contributed by atoms with Gasteiger partial charge in [-0.3, -0.25) is 9.78 Å². The summed E-state index contributed by atoms with van der Waals surface area (Å²) in [6.07, 6.45) is 6.78. The topological polar surface area (TPSA) is 75.9 Å². The highest BCUT2D eigenvalue weighted by Crippen LogP contribution is 2.29. The minimum atomic E-state index is -0.623. The molecule has 1 fully saturated rings. The lowest BCUT2D eigenvalue weighted by molar-refractivity contribution is -0.138. The van der Waals surface area contributed by atoms with E-state index in [1.165, 1.54) is 0 Å². The maximum atomic E-state index is 13.0. The van der Waals surface area contributed by atoms with Gasteiger partial charge in [-0.1, -0.05) is 0 Å². The summed E-state index contributed by atoms with van der Waals surface area (Å²) >= 11 is 0. The third-order valence-corrected chi connectivity index (χ3v) is 6.46. The number of anilines is 1. The average molecular weight is 434 g/mol. The second-order valence-electron chi connectivity index (χ2n) is 8.50. The zero-order valence-corrected chi connectivity index (χ0v) is 18.3. The molecule has 3 heterocycles. The first kappa shape index (κ1) is 20.5. The second kappa shape index (κ2) is 8.65. The molecule has 0 bridgehead atoms. The molecule has 3 aromatic rings. The third-order valence-electron chi connectivity index (χ3n) is 6.46. The minimum absolute atomic E-state index is 0.0390. The first-order valence-corrected chi connectivity index (χ1v) is 11.3. The van der Waals surface area contributed by atoms with Gasteiger partial charge in [-0.2, -0.15) is 0 Å². The van der Waals surface area contributed by atoms with Crippen molar-refractivity contribution < 1.29 is 13.9 Å². The van der Waals surface area contributed by atoms with Crippen LogP contribution in [0.3, 0.4) is 0 Å². The summed E-state index contributed by atoms with van der Waals surface area (Å²) in [5, 5.41) is 0.970. The molecule has 0 radical (unpaired) electrons. The van der Waals surface area contributed by atoms with Crippen LogP contribution < -0.4 is 15.3 Å². The van der Waals surface area contributed by atoms with Crippen molar-refractivity contribution in [2.75, 3.05) is 31.1 Å². The van der Waals surface area contributed by atoms with E-state index in [1.807, 2.05) is 35.4 Å². The van der Waals surface area contributed by atoms with Gasteiger partial charge in [0, 0.05) is 49.4 Å². The molecular formula is C25H27N3O4. The molecule has 0 N–H and O–H groups in total. The molecule has 7 heteroatoms. The van der Waals surface area contributed by atoms with Crippen molar-refractivity contribution in [3.05, 3.63) is 64.3 Å². The molecule has 7 nitrogen and oxygen atoms in total. The van der Waals surface area contributed by atoms with E-state index >= 15 is 0 Å². The van der Waals surface area contributed by atoms with Crippen LogP contribution in [0, 0.1) is 0 Å². The van der Waals surface area contributed by atoms with Gasteiger partial charge >= 0.3 is 5.63 Å². The summed E-state index contributed by atoms with van der Waals surface area (Å²) in [6.45, 7) is 4.57. The monoisotopic (exact) mass is 433 g/mol. The number of rotatable bonds is 4. The lowest BCUT2D eigenvalue weighted by atomic mass is 9.91. The van der Waals surface area contributed by atoms with Crippen molar-refractivity contribution in [2.45, 2.75) is 38.7 Å². The van der Waals surface area contributed by atoms with Gasteiger partial charge < -0.3 is 19.0 Å². The third kappa shape index (κ3) is 3.95. The molecule has 32 heavy (non-hydrogen) atoms. The highest BCUT2D eigenvalue weighted by atomic mass is 16.5. The Morgan fingerprint density at radius 3 is 2.62 bits per heavy atom. The summed E-state index contributed by atoms with van der Waals surface area (Å²) in [5.41, 5.74) is 3.26. The number of carbonyl (C=O) groups excluding carboxylic acids is 1. The normalized spacial score (nSPS) is 17.2. The Bertz CT molecular complexity index is 1180. The number of pyridine rings is 1. The lowest BCUT2D eigenvalue weighted by Crippen LogP contribution is -2.52. The van der Waals surface area contributed by atoms with Gasteiger partial charge in [0.25, 0.3) is 5.91 Å². The Morgan fingerprint density at radius 2 is 1.88 bits per heavy atom. The maximum absolute atomic E-state index is 13.0. The number of ether oxygens (including phenoxy) is 1. The average Bonchev–Trinajstić information content (AvgIpc) is 2.84. The Morgan fingerprint density at radius 1 is 1.09 bits per heavy atom. The van der Waals surface area contributed by atoms with Crippen molar-refractivity contribution in [1.29, 1.82) is 0 Å².